The molecule has 1 heterocycles. The van der Waals surface area contributed by atoms with Gasteiger partial charge < -0.3 is 10.6 Å². The van der Waals surface area contributed by atoms with Crippen LogP contribution in [0.5, 0.6) is 0 Å². The van der Waals surface area contributed by atoms with Crippen LogP contribution in [0.15, 0.2) is 18.2 Å². The molecule has 182 valence electrons. The van der Waals surface area contributed by atoms with Crippen molar-refractivity contribution in [2.24, 2.45) is 11.8 Å². The lowest BCUT2D eigenvalue weighted by Crippen LogP contribution is -2.33. The highest BCUT2D eigenvalue weighted by atomic mass is 35.5. The van der Waals surface area contributed by atoms with Gasteiger partial charge in [-0.1, -0.05) is 37.4 Å². The molecule has 1 aromatic heterocycles. The quantitative estimate of drug-likeness (QED) is 0.474. The van der Waals surface area contributed by atoms with E-state index >= 15 is 0 Å². The maximum absolute atomic E-state index is 12.9. The summed E-state index contributed by atoms with van der Waals surface area (Å²) in [5, 5.41) is 10.1. The van der Waals surface area contributed by atoms with Crippen LogP contribution in [-0.4, -0.2) is 34.5 Å². The van der Waals surface area contributed by atoms with E-state index in [1.807, 2.05) is 6.92 Å². The number of rotatable bonds is 7. The summed E-state index contributed by atoms with van der Waals surface area (Å²) in [6.07, 6.45) is 0.241. The van der Waals surface area contributed by atoms with Gasteiger partial charge in [-0.15, -0.1) is 0 Å². The number of amides is 1. The number of hydrogen-bond acceptors (Lipinski definition) is 3. The van der Waals surface area contributed by atoms with E-state index in [1.54, 1.807) is 29.8 Å². The van der Waals surface area contributed by atoms with Crippen LogP contribution >= 0.6 is 11.6 Å². The number of anilines is 1. The smallest absolute Gasteiger partial charge is 0.374 e. The Bertz CT molecular complexity index is 981. The third-order valence-corrected chi connectivity index (χ3v) is 6.81. The minimum Gasteiger partial charge on any atom is -0.374 e. The van der Waals surface area contributed by atoms with Gasteiger partial charge in [0.25, 0.3) is 5.91 Å². The zero-order valence-corrected chi connectivity index (χ0v) is 20.3. The molecule has 1 atom stereocenters. The molecule has 3 rings (SSSR count). The molecule has 9 heteroatoms. The summed E-state index contributed by atoms with van der Waals surface area (Å²) in [7, 11) is 0. The number of hydrogen-bond donors (Lipinski definition) is 2. The van der Waals surface area contributed by atoms with Crippen LogP contribution < -0.4 is 10.6 Å². The molecular weight excluding hydrogens is 453 g/mol. The van der Waals surface area contributed by atoms with E-state index in [1.165, 1.54) is 12.8 Å². The summed E-state index contributed by atoms with van der Waals surface area (Å²) in [6, 6.07) is 3.26. The Kier molecular flexibility index (Phi) is 7.98. The molecule has 33 heavy (non-hydrogen) atoms. The Hall–Kier alpha value is -2.22. The molecule has 1 amide bonds. The van der Waals surface area contributed by atoms with Crippen LogP contribution in [0.2, 0.25) is 5.02 Å². The number of aromatic nitrogens is 2. The van der Waals surface area contributed by atoms with Crippen LogP contribution in [0.1, 0.15) is 62.5 Å². The van der Waals surface area contributed by atoms with Gasteiger partial charge in [0.15, 0.2) is 5.69 Å². The van der Waals surface area contributed by atoms with Crippen molar-refractivity contribution < 1.29 is 18.0 Å². The molecule has 2 N–H and O–H groups in total. The molecule has 0 radical (unpaired) electrons. The zero-order valence-electron chi connectivity index (χ0n) is 19.5. The number of aryl methyl sites for hydroxylation is 2. The summed E-state index contributed by atoms with van der Waals surface area (Å²) in [6.45, 7) is 8.13. The number of alkyl halides is 3. The van der Waals surface area contributed by atoms with E-state index in [2.05, 4.69) is 22.7 Å². The fourth-order valence-corrected chi connectivity index (χ4v) is 4.60. The first-order chi connectivity index (χ1) is 15.5. The summed E-state index contributed by atoms with van der Waals surface area (Å²) in [5.41, 5.74) is 2.57. The van der Waals surface area contributed by atoms with E-state index in [0.717, 1.165) is 36.8 Å². The Morgan fingerprint density at radius 1 is 1.27 bits per heavy atom. The van der Waals surface area contributed by atoms with E-state index in [4.69, 9.17) is 11.6 Å². The Morgan fingerprint density at radius 3 is 2.52 bits per heavy atom. The SMILES string of the molecule is CCn1nc(C(=O)NCC2CCC(C)CC2)c(Cl)c1-c1ccc(N[C@H](C)C(F)(F)F)cc1C. The normalized spacial score (nSPS) is 19.9. The van der Waals surface area contributed by atoms with Crippen LogP contribution in [0, 0.1) is 18.8 Å². The highest BCUT2D eigenvalue weighted by Gasteiger charge is 2.36. The minimum atomic E-state index is -4.34. The van der Waals surface area contributed by atoms with Gasteiger partial charge in [0, 0.05) is 24.3 Å². The van der Waals surface area contributed by atoms with Crippen LogP contribution in [0.25, 0.3) is 11.3 Å². The topological polar surface area (TPSA) is 59.0 Å². The average molecular weight is 485 g/mol. The molecule has 0 bridgehead atoms. The molecule has 1 aromatic carbocycles. The van der Waals surface area contributed by atoms with Crippen molar-refractivity contribution in [2.45, 2.75) is 72.1 Å². The van der Waals surface area contributed by atoms with Crippen molar-refractivity contribution in [3.05, 3.63) is 34.5 Å². The lowest BCUT2D eigenvalue weighted by atomic mass is 9.83. The van der Waals surface area contributed by atoms with E-state index in [-0.39, 0.29) is 16.6 Å². The predicted molar refractivity (Wildman–Crippen MR) is 126 cm³/mol. The van der Waals surface area contributed by atoms with Crippen molar-refractivity contribution in [2.75, 3.05) is 11.9 Å². The molecule has 5 nitrogen and oxygen atoms in total. The first-order valence-electron chi connectivity index (χ1n) is 11.5. The number of nitrogens with one attached hydrogen (secondary N) is 2. The molecule has 1 aliphatic rings. The third-order valence-electron chi connectivity index (χ3n) is 6.45. The first-order valence-corrected chi connectivity index (χ1v) is 11.9. The fourth-order valence-electron chi connectivity index (χ4n) is 4.28. The molecule has 1 saturated carbocycles. The fraction of sp³-hybridized carbons (Fsp3) is 0.583. The van der Waals surface area contributed by atoms with Gasteiger partial charge in [-0.05, 0) is 63.1 Å². The summed E-state index contributed by atoms with van der Waals surface area (Å²) in [5.74, 6) is 0.913. The summed E-state index contributed by atoms with van der Waals surface area (Å²) < 4.78 is 40.3. The molecule has 1 fully saturated rings. The maximum atomic E-state index is 12.9. The maximum Gasteiger partial charge on any atom is 0.408 e. The van der Waals surface area contributed by atoms with Gasteiger partial charge in [-0.25, -0.2) is 0 Å². The minimum absolute atomic E-state index is 0.171. The lowest BCUT2D eigenvalue weighted by molar-refractivity contribution is -0.138. The predicted octanol–water partition coefficient (Wildman–Crippen LogP) is 6.45. The van der Waals surface area contributed by atoms with Crippen molar-refractivity contribution in [1.82, 2.24) is 15.1 Å². The number of nitrogens with zero attached hydrogens (tertiary/aromatic N) is 2. The number of carbonyl (C=O) groups is 1. The van der Waals surface area contributed by atoms with Gasteiger partial charge in [0.1, 0.15) is 6.04 Å². The van der Waals surface area contributed by atoms with E-state index < -0.39 is 12.2 Å². The van der Waals surface area contributed by atoms with Crippen molar-refractivity contribution in [3.8, 4) is 11.3 Å². The lowest BCUT2D eigenvalue weighted by Gasteiger charge is -2.26. The number of benzene rings is 1. The van der Waals surface area contributed by atoms with Crippen LogP contribution in [0.4, 0.5) is 18.9 Å². The Labute approximate surface area is 198 Å². The summed E-state index contributed by atoms with van der Waals surface area (Å²) in [4.78, 5) is 12.9. The largest absolute Gasteiger partial charge is 0.408 e. The van der Waals surface area contributed by atoms with E-state index in [9.17, 15) is 18.0 Å². The van der Waals surface area contributed by atoms with Crippen LogP contribution in [-0.2, 0) is 6.54 Å². The average Bonchev–Trinajstić information content (AvgIpc) is 3.09. The molecule has 0 saturated heterocycles. The monoisotopic (exact) mass is 484 g/mol. The first kappa shape index (κ1) is 25.4. The van der Waals surface area contributed by atoms with Crippen molar-refractivity contribution in [3.63, 3.8) is 0 Å². The standard InChI is InChI=1S/C24H32ClF3N4O/c1-5-32-22(19-11-10-18(12-15(19)3)30-16(4)24(26,27)28)20(25)21(31-32)23(33)29-13-17-8-6-14(2)7-9-17/h10-12,14,16-17,30H,5-9,13H2,1-4H3,(H,29,33)/t14?,16-,17?/m1/s1. The third kappa shape index (κ3) is 6.02. The van der Waals surface area contributed by atoms with Gasteiger partial charge in [-0.3, -0.25) is 9.48 Å². The van der Waals surface area contributed by atoms with Crippen LogP contribution in [0.3, 0.4) is 0 Å². The molecule has 0 unspecified atom stereocenters. The van der Waals surface area contributed by atoms with Gasteiger partial charge in [-0.2, -0.15) is 18.3 Å². The Balaban J connectivity index is 1.79. The van der Waals surface area contributed by atoms with E-state index in [0.29, 0.717) is 30.4 Å². The van der Waals surface area contributed by atoms with Crippen molar-refractivity contribution >= 4 is 23.2 Å². The highest BCUT2D eigenvalue weighted by molar-refractivity contribution is 6.36. The molecule has 0 spiro atoms. The van der Waals surface area contributed by atoms with Gasteiger partial charge in [0.2, 0.25) is 0 Å². The zero-order chi connectivity index (χ0) is 24.3. The second-order valence-corrected chi connectivity index (χ2v) is 9.48. The second-order valence-electron chi connectivity index (χ2n) is 9.10. The van der Waals surface area contributed by atoms with Gasteiger partial charge >= 0.3 is 6.18 Å². The molecule has 1 aliphatic carbocycles. The molecular formula is C24H32ClF3N4O. The molecule has 2 aromatic rings. The Morgan fingerprint density at radius 2 is 1.94 bits per heavy atom. The number of halogens is 4. The number of carbonyl (C=O) groups excluding carboxylic acids is 1. The summed E-state index contributed by atoms with van der Waals surface area (Å²) >= 11 is 6.63. The van der Waals surface area contributed by atoms with Gasteiger partial charge in [0.05, 0.1) is 10.7 Å². The highest BCUT2D eigenvalue weighted by Crippen LogP contribution is 2.35. The molecule has 0 aliphatic heterocycles. The second kappa shape index (κ2) is 10.4. The van der Waals surface area contributed by atoms with Crippen molar-refractivity contribution in [1.29, 1.82) is 0 Å².